The van der Waals surface area contributed by atoms with Crippen molar-refractivity contribution in [3.63, 3.8) is 0 Å². The quantitative estimate of drug-likeness (QED) is 0.809. The highest BCUT2D eigenvalue weighted by atomic mass is 15.1. The molecule has 0 spiro atoms. The third-order valence-corrected chi connectivity index (χ3v) is 3.12. The number of hydrogen-bond acceptors (Lipinski definition) is 3. The lowest BCUT2D eigenvalue weighted by Crippen LogP contribution is -2.40. The van der Waals surface area contributed by atoms with Crippen LogP contribution in [0, 0.1) is 20.8 Å². The number of benzene rings is 1. The van der Waals surface area contributed by atoms with E-state index in [4.69, 9.17) is 11.5 Å². The fourth-order valence-corrected chi connectivity index (χ4v) is 2.27. The van der Waals surface area contributed by atoms with Crippen LogP contribution in [0.3, 0.4) is 0 Å². The van der Waals surface area contributed by atoms with Crippen molar-refractivity contribution in [2.24, 2.45) is 11.5 Å². The number of hydrogen-bond donors (Lipinski definition) is 2. The fourth-order valence-electron chi connectivity index (χ4n) is 2.27. The summed E-state index contributed by atoms with van der Waals surface area (Å²) in [5.74, 6) is 0. The van der Waals surface area contributed by atoms with Crippen LogP contribution in [0.1, 0.15) is 22.3 Å². The van der Waals surface area contributed by atoms with Gasteiger partial charge in [0.05, 0.1) is 0 Å². The van der Waals surface area contributed by atoms with Crippen LogP contribution in [-0.4, -0.2) is 31.1 Å². The molecular formula is C14H25N3. The van der Waals surface area contributed by atoms with Crippen molar-refractivity contribution in [1.82, 2.24) is 4.90 Å². The maximum Gasteiger partial charge on any atom is 0.0292 e. The number of likely N-dealkylation sites (N-methyl/N-ethyl adjacent to an activating group) is 1. The summed E-state index contributed by atoms with van der Waals surface area (Å²) in [6.07, 6.45) is 0. The van der Waals surface area contributed by atoms with Crippen molar-refractivity contribution in [3.05, 3.63) is 34.4 Å². The number of nitrogens with two attached hydrogens (primary N) is 2. The van der Waals surface area contributed by atoms with Gasteiger partial charge in [-0.05, 0) is 44.5 Å². The first-order valence-corrected chi connectivity index (χ1v) is 6.15. The average Bonchev–Trinajstić information content (AvgIpc) is 2.23. The highest BCUT2D eigenvalue weighted by molar-refractivity contribution is 5.37. The minimum Gasteiger partial charge on any atom is -0.329 e. The molecule has 1 aromatic rings. The Kier molecular flexibility index (Phi) is 5.12. The van der Waals surface area contributed by atoms with E-state index in [2.05, 4.69) is 44.9 Å². The normalized spacial score (nSPS) is 13.1. The molecule has 0 amide bonds. The minimum atomic E-state index is 0.0612. The molecule has 4 N–H and O–H groups in total. The highest BCUT2D eigenvalue weighted by Gasteiger charge is 2.09. The zero-order valence-electron chi connectivity index (χ0n) is 11.5. The molecule has 0 heterocycles. The molecule has 0 bridgehead atoms. The summed E-state index contributed by atoms with van der Waals surface area (Å²) in [6, 6.07) is 4.53. The lowest BCUT2D eigenvalue weighted by atomic mass is 9.99. The zero-order chi connectivity index (χ0) is 13.0. The SMILES string of the molecule is Cc1cc(C)c(CN(C)CC(N)CN)c(C)c1. The van der Waals surface area contributed by atoms with E-state index in [9.17, 15) is 0 Å². The van der Waals surface area contributed by atoms with E-state index >= 15 is 0 Å². The molecule has 0 aliphatic rings. The molecule has 17 heavy (non-hydrogen) atoms. The third-order valence-electron chi connectivity index (χ3n) is 3.12. The summed E-state index contributed by atoms with van der Waals surface area (Å²) >= 11 is 0. The second-order valence-electron chi connectivity index (χ2n) is 5.07. The zero-order valence-corrected chi connectivity index (χ0v) is 11.5. The highest BCUT2D eigenvalue weighted by Crippen LogP contribution is 2.17. The van der Waals surface area contributed by atoms with Crippen molar-refractivity contribution in [2.45, 2.75) is 33.4 Å². The van der Waals surface area contributed by atoms with Gasteiger partial charge in [-0.15, -0.1) is 0 Å². The van der Waals surface area contributed by atoms with E-state index in [1.54, 1.807) is 0 Å². The van der Waals surface area contributed by atoms with Gasteiger partial charge < -0.3 is 16.4 Å². The number of aryl methyl sites for hydroxylation is 3. The molecule has 1 atom stereocenters. The Morgan fingerprint density at radius 3 is 2.18 bits per heavy atom. The van der Waals surface area contributed by atoms with E-state index in [0.29, 0.717) is 6.54 Å². The lowest BCUT2D eigenvalue weighted by molar-refractivity contribution is 0.304. The molecule has 0 aromatic heterocycles. The second-order valence-corrected chi connectivity index (χ2v) is 5.07. The molecule has 0 saturated heterocycles. The first-order chi connectivity index (χ1) is 7.93. The Bertz CT molecular complexity index is 351. The summed E-state index contributed by atoms with van der Waals surface area (Å²) in [6.45, 7) is 8.79. The molecule has 1 rings (SSSR count). The van der Waals surface area contributed by atoms with Crippen LogP contribution >= 0.6 is 0 Å². The fraction of sp³-hybridized carbons (Fsp3) is 0.571. The summed E-state index contributed by atoms with van der Waals surface area (Å²) in [5.41, 5.74) is 16.8. The van der Waals surface area contributed by atoms with Crippen LogP contribution in [0.2, 0.25) is 0 Å². The van der Waals surface area contributed by atoms with Crippen molar-refractivity contribution in [1.29, 1.82) is 0 Å². The number of rotatable bonds is 5. The Hall–Kier alpha value is -0.900. The molecule has 0 aliphatic heterocycles. The summed E-state index contributed by atoms with van der Waals surface area (Å²) < 4.78 is 0. The summed E-state index contributed by atoms with van der Waals surface area (Å²) in [7, 11) is 2.09. The molecule has 0 radical (unpaired) electrons. The topological polar surface area (TPSA) is 55.3 Å². The van der Waals surface area contributed by atoms with Crippen LogP contribution in [0.4, 0.5) is 0 Å². The van der Waals surface area contributed by atoms with Crippen LogP contribution < -0.4 is 11.5 Å². The first-order valence-electron chi connectivity index (χ1n) is 6.15. The van der Waals surface area contributed by atoms with E-state index in [1.165, 1.54) is 22.3 Å². The maximum atomic E-state index is 5.86. The smallest absolute Gasteiger partial charge is 0.0292 e. The van der Waals surface area contributed by atoms with Gasteiger partial charge in [-0.1, -0.05) is 17.7 Å². The van der Waals surface area contributed by atoms with Gasteiger partial charge in [0.25, 0.3) is 0 Å². The Labute approximate surface area is 105 Å². The average molecular weight is 235 g/mol. The van der Waals surface area contributed by atoms with Gasteiger partial charge in [0.2, 0.25) is 0 Å². The van der Waals surface area contributed by atoms with E-state index in [0.717, 1.165) is 13.1 Å². The van der Waals surface area contributed by atoms with Crippen molar-refractivity contribution in [3.8, 4) is 0 Å². The number of nitrogens with zero attached hydrogens (tertiary/aromatic N) is 1. The van der Waals surface area contributed by atoms with Crippen molar-refractivity contribution < 1.29 is 0 Å². The molecular weight excluding hydrogens is 210 g/mol. The molecule has 0 saturated carbocycles. The van der Waals surface area contributed by atoms with E-state index in [1.807, 2.05) is 0 Å². The van der Waals surface area contributed by atoms with Crippen LogP contribution in [0.25, 0.3) is 0 Å². The van der Waals surface area contributed by atoms with Gasteiger partial charge in [-0.3, -0.25) is 0 Å². The molecule has 3 nitrogen and oxygen atoms in total. The van der Waals surface area contributed by atoms with Gasteiger partial charge >= 0.3 is 0 Å². The Balaban J connectivity index is 2.74. The molecule has 0 fully saturated rings. The third kappa shape index (κ3) is 4.11. The standard InChI is InChI=1S/C14H25N3/c1-10-5-11(2)14(12(3)6-10)9-17(4)8-13(16)7-15/h5-6,13H,7-9,15-16H2,1-4H3. The van der Waals surface area contributed by atoms with Gasteiger partial charge in [0, 0.05) is 25.7 Å². The van der Waals surface area contributed by atoms with Crippen LogP contribution in [0.5, 0.6) is 0 Å². The largest absolute Gasteiger partial charge is 0.329 e. The Morgan fingerprint density at radius 2 is 1.71 bits per heavy atom. The maximum absolute atomic E-state index is 5.86. The molecule has 1 unspecified atom stereocenters. The Morgan fingerprint density at radius 1 is 1.18 bits per heavy atom. The van der Waals surface area contributed by atoms with Gasteiger partial charge in [-0.25, -0.2) is 0 Å². The van der Waals surface area contributed by atoms with Crippen molar-refractivity contribution in [2.75, 3.05) is 20.1 Å². The monoisotopic (exact) mass is 235 g/mol. The summed E-state index contributed by atoms with van der Waals surface area (Å²) in [5, 5.41) is 0. The van der Waals surface area contributed by atoms with Crippen LogP contribution in [0.15, 0.2) is 12.1 Å². The van der Waals surface area contributed by atoms with E-state index in [-0.39, 0.29) is 6.04 Å². The predicted octanol–water partition coefficient (Wildman–Crippen LogP) is 1.33. The van der Waals surface area contributed by atoms with E-state index < -0.39 is 0 Å². The minimum absolute atomic E-state index is 0.0612. The molecule has 96 valence electrons. The predicted molar refractivity (Wildman–Crippen MR) is 74.0 cm³/mol. The summed E-state index contributed by atoms with van der Waals surface area (Å²) in [4.78, 5) is 2.24. The van der Waals surface area contributed by atoms with Gasteiger partial charge in [-0.2, -0.15) is 0 Å². The molecule has 3 heteroatoms. The second kappa shape index (κ2) is 6.15. The van der Waals surface area contributed by atoms with Crippen LogP contribution in [-0.2, 0) is 6.54 Å². The molecule has 1 aromatic carbocycles. The van der Waals surface area contributed by atoms with Crippen molar-refractivity contribution >= 4 is 0 Å². The lowest BCUT2D eigenvalue weighted by Gasteiger charge is -2.22. The molecule has 0 aliphatic carbocycles. The van der Waals surface area contributed by atoms with Gasteiger partial charge in [0.15, 0.2) is 0 Å². The first kappa shape index (κ1) is 14.2. The van der Waals surface area contributed by atoms with Gasteiger partial charge in [0.1, 0.15) is 0 Å².